The van der Waals surface area contributed by atoms with Crippen LogP contribution in [-0.2, 0) is 16.6 Å². The summed E-state index contributed by atoms with van der Waals surface area (Å²) in [6, 6.07) is -0.860. The van der Waals surface area contributed by atoms with E-state index in [9.17, 15) is 35.9 Å². The number of anilines is 1. The summed E-state index contributed by atoms with van der Waals surface area (Å²) in [7, 11) is 1.74. The highest BCUT2D eigenvalue weighted by molar-refractivity contribution is 5.80. The highest BCUT2D eigenvalue weighted by Crippen LogP contribution is 2.40. The Labute approximate surface area is 262 Å². The number of rotatable bonds is 9. The van der Waals surface area contributed by atoms with Crippen LogP contribution in [0.5, 0.6) is 0 Å². The van der Waals surface area contributed by atoms with Gasteiger partial charge in [-0.2, -0.15) is 31.4 Å². The number of aromatic nitrogens is 4. The molecule has 4 rings (SSSR count). The zero-order chi connectivity index (χ0) is 34.0. The van der Waals surface area contributed by atoms with Crippen molar-refractivity contribution in [3.05, 3.63) is 48.1 Å². The Morgan fingerprint density at radius 1 is 1.09 bits per heavy atom. The molecule has 3 atom stereocenters. The first kappa shape index (κ1) is 34.8. The van der Waals surface area contributed by atoms with Crippen LogP contribution < -0.4 is 10.6 Å². The summed E-state index contributed by atoms with van der Waals surface area (Å²) >= 11 is 0. The van der Waals surface area contributed by atoms with Crippen LogP contribution in [0, 0.1) is 11.3 Å². The smallest absolute Gasteiger partial charge is 0.416 e. The van der Waals surface area contributed by atoms with Crippen LogP contribution in [0.2, 0.25) is 0 Å². The molecular weight excluding hydrogens is 620 g/mol. The quantitative estimate of drug-likeness (QED) is 0.350. The van der Waals surface area contributed by atoms with Crippen LogP contribution in [-0.4, -0.2) is 80.8 Å². The normalized spacial score (nSPS) is 21.0. The number of carbonyl (C=O) groups is 2. The molecule has 0 saturated carbocycles. The number of likely N-dealkylation sites (tertiary alicyclic amines) is 1. The summed E-state index contributed by atoms with van der Waals surface area (Å²) in [6.07, 6.45) is -3.03. The van der Waals surface area contributed by atoms with E-state index >= 15 is 0 Å². The van der Waals surface area contributed by atoms with E-state index in [4.69, 9.17) is 10.5 Å². The molecule has 10 nitrogen and oxygen atoms in total. The summed E-state index contributed by atoms with van der Waals surface area (Å²) < 4.78 is 89.4. The van der Waals surface area contributed by atoms with Gasteiger partial charge in [-0.15, -0.1) is 0 Å². The Balaban J connectivity index is 1.66. The van der Waals surface area contributed by atoms with Crippen LogP contribution >= 0.6 is 0 Å². The van der Waals surface area contributed by atoms with Crippen molar-refractivity contribution in [3.8, 4) is 11.1 Å². The summed E-state index contributed by atoms with van der Waals surface area (Å²) in [5, 5.41) is 4.12. The van der Waals surface area contributed by atoms with E-state index in [0.717, 1.165) is 11.6 Å². The lowest BCUT2D eigenvalue weighted by molar-refractivity contribution is -0.163. The molecule has 1 saturated heterocycles. The van der Waals surface area contributed by atoms with Crippen molar-refractivity contribution in [1.29, 1.82) is 0 Å². The van der Waals surface area contributed by atoms with E-state index in [0.29, 0.717) is 18.4 Å². The highest BCUT2D eigenvalue weighted by atomic mass is 19.4. The van der Waals surface area contributed by atoms with E-state index in [1.54, 1.807) is 29.0 Å². The first-order valence-electron chi connectivity index (χ1n) is 14.7. The summed E-state index contributed by atoms with van der Waals surface area (Å²) in [5.74, 6) is -2.78. The number of allylic oxidation sites excluding steroid dienone is 3. The fourth-order valence-corrected chi connectivity index (χ4v) is 5.44. The van der Waals surface area contributed by atoms with Gasteiger partial charge in [0.05, 0.1) is 29.1 Å². The summed E-state index contributed by atoms with van der Waals surface area (Å²) in [5.41, 5.74) is 4.39. The van der Waals surface area contributed by atoms with Crippen molar-refractivity contribution >= 4 is 17.9 Å². The Hall–Kier alpha value is -4.11. The van der Waals surface area contributed by atoms with Crippen LogP contribution in [0.3, 0.4) is 0 Å². The maximum Gasteiger partial charge on any atom is 0.416 e. The van der Waals surface area contributed by atoms with Gasteiger partial charge in [-0.1, -0.05) is 18.6 Å². The molecule has 1 aliphatic heterocycles. The average Bonchev–Trinajstić information content (AvgIpc) is 3.53. The second-order valence-electron chi connectivity index (χ2n) is 12.3. The molecule has 0 radical (unpaired) electrons. The SMILES string of the molecule is CC[C@@H]1C[C@H](N(CC2=CC(C(F)(F)F)=CC(C(F)(F)F)CC2)c2ncc(-c3cnn(C)c3)cn2)CN1C(=O)OCC(C)(C)C(N)=O. The van der Waals surface area contributed by atoms with Crippen LogP contribution in [0.25, 0.3) is 11.1 Å². The van der Waals surface area contributed by atoms with E-state index in [1.165, 1.54) is 31.1 Å². The zero-order valence-corrected chi connectivity index (χ0v) is 25.9. The minimum absolute atomic E-state index is 0.0719. The van der Waals surface area contributed by atoms with Crippen molar-refractivity contribution in [2.75, 3.05) is 24.6 Å². The first-order valence-corrected chi connectivity index (χ1v) is 14.7. The molecule has 1 unspecified atom stereocenters. The van der Waals surface area contributed by atoms with Gasteiger partial charge in [0.2, 0.25) is 11.9 Å². The summed E-state index contributed by atoms with van der Waals surface area (Å²) in [6.45, 7) is 4.53. The molecular formula is C30H37F6N7O3. The molecule has 2 aromatic heterocycles. The fraction of sp³-hybridized carbons (Fsp3) is 0.567. The topological polar surface area (TPSA) is 119 Å². The predicted molar refractivity (Wildman–Crippen MR) is 156 cm³/mol. The van der Waals surface area contributed by atoms with Crippen molar-refractivity contribution < 1.29 is 40.7 Å². The number of nitrogens with two attached hydrogens (primary N) is 1. The number of halogens is 6. The predicted octanol–water partition coefficient (Wildman–Crippen LogP) is 5.57. The van der Waals surface area contributed by atoms with Crippen LogP contribution in [0.4, 0.5) is 37.1 Å². The molecule has 0 bridgehead atoms. The Kier molecular flexibility index (Phi) is 10.1. The number of carbonyl (C=O) groups excluding carboxylic acids is 2. The second kappa shape index (κ2) is 13.3. The van der Waals surface area contributed by atoms with E-state index < -0.39 is 53.7 Å². The molecule has 16 heteroatoms. The third kappa shape index (κ3) is 8.18. The molecule has 1 fully saturated rings. The third-order valence-electron chi connectivity index (χ3n) is 8.33. The standard InChI is InChI=1S/C30H37F6N7O3/c1-5-23-10-24(16-43(23)27(45)46-17-28(2,3)25(37)44)42(26-38-11-19(12-39-26)20-13-40-41(4)15-20)14-18-6-7-21(29(31,32)33)9-22(8-18)30(34,35)36/h8-9,11-13,15,21,23-24H,5-7,10,14,16-17H2,1-4H3,(H2,37,44)/t21?,23-,24+/m1/s1. The van der Waals surface area contributed by atoms with Crippen molar-refractivity contribution in [1.82, 2.24) is 24.6 Å². The van der Waals surface area contributed by atoms with Crippen molar-refractivity contribution in [2.45, 2.75) is 70.9 Å². The van der Waals surface area contributed by atoms with Crippen molar-refractivity contribution in [2.24, 2.45) is 24.1 Å². The van der Waals surface area contributed by atoms with Gasteiger partial charge in [-0.05, 0) is 45.6 Å². The highest BCUT2D eigenvalue weighted by Gasteiger charge is 2.44. The number of nitrogens with zero attached hydrogens (tertiary/aromatic N) is 6. The van der Waals surface area contributed by atoms with E-state index in [1.807, 2.05) is 6.92 Å². The number of primary amides is 1. The lowest BCUT2D eigenvalue weighted by Crippen LogP contribution is -2.43. The van der Waals surface area contributed by atoms with Crippen LogP contribution in [0.1, 0.15) is 46.5 Å². The number of aryl methyl sites for hydroxylation is 1. The second-order valence-corrected chi connectivity index (χ2v) is 12.3. The zero-order valence-electron chi connectivity index (χ0n) is 25.9. The number of hydrogen-bond acceptors (Lipinski definition) is 7. The largest absolute Gasteiger partial charge is 0.448 e. The molecule has 252 valence electrons. The lowest BCUT2D eigenvalue weighted by Gasteiger charge is -2.30. The maximum absolute atomic E-state index is 13.9. The maximum atomic E-state index is 13.9. The van der Waals surface area contributed by atoms with Gasteiger partial charge in [-0.3, -0.25) is 9.48 Å². The molecule has 0 aromatic carbocycles. The number of amides is 2. The van der Waals surface area contributed by atoms with E-state index in [-0.39, 0.29) is 49.8 Å². The van der Waals surface area contributed by atoms with Gasteiger partial charge < -0.3 is 20.3 Å². The van der Waals surface area contributed by atoms with Gasteiger partial charge in [0.25, 0.3) is 0 Å². The van der Waals surface area contributed by atoms with E-state index in [2.05, 4.69) is 15.1 Å². The van der Waals surface area contributed by atoms with Gasteiger partial charge >= 0.3 is 18.4 Å². The Morgan fingerprint density at radius 2 is 1.76 bits per heavy atom. The number of alkyl halides is 6. The minimum atomic E-state index is -4.99. The first-order chi connectivity index (χ1) is 21.4. The third-order valence-corrected chi connectivity index (χ3v) is 8.33. The molecule has 46 heavy (non-hydrogen) atoms. The Bertz CT molecular complexity index is 1470. The van der Waals surface area contributed by atoms with Gasteiger partial charge in [0.1, 0.15) is 6.61 Å². The minimum Gasteiger partial charge on any atom is -0.448 e. The van der Waals surface area contributed by atoms with Gasteiger partial charge in [0.15, 0.2) is 0 Å². The average molecular weight is 658 g/mol. The van der Waals surface area contributed by atoms with Gasteiger partial charge in [-0.25, -0.2) is 14.8 Å². The lowest BCUT2D eigenvalue weighted by atomic mass is 9.94. The monoisotopic (exact) mass is 657 g/mol. The fourth-order valence-electron chi connectivity index (χ4n) is 5.44. The molecule has 1 aliphatic carbocycles. The van der Waals surface area contributed by atoms with Crippen LogP contribution in [0.15, 0.2) is 48.1 Å². The molecule has 2 aliphatic rings. The Morgan fingerprint density at radius 3 is 2.30 bits per heavy atom. The number of ether oxygens (including phenoxy) is 1. The molecule has 2 amide bonds. The molecule has 3 heterocycles. The van der Waals surface area contributed by atoms with Gasteiger partial charge in [0, 0.05) is 55.9 Å². The molecule has 2 N–H and O–H groups in total. The number of hydrogen-bond donors (Lipinski definition) is 1. The van der Waals surface area contributed by atoms with Crippen molar-refractivity contribution in [3.63, 3.8) is 0 Å². The molecule has 0 spiro atoms. The molecule has 2 aromatic rings. The summed E-state index contributed by atoms with van der Waals surface area (Å²) in [4.78, 5) is 36.9.